The van der Waals surface area contributed by atoms with Gasteiger partial charge in [-0.05, 0) is 51.4 Å². The van der Waals surface area contributed by atoms with Gasteiger partial charge in [-0.15, -0.1) is 0 Å². The van der Waals surface area contributed by atoms with E-state index < -0.39 is 11.6 Å². The van der Waals surface area contributed by atoms with Crippen LogP contribution in [0.1, 0.15) is 26.3 Å². The highest BCUT2D eigenvalue weighted by Gasteiger charge is 2.07. The van der Waals surface area contributed by atoms with Crippen LogP contribution >= 0.6 is 0 Å². The molecule has 0 radical (unpaired) electrons. The first-order valence-corrected chi connectivity index (χ1v) is 6.28. The predicted octanol–water partition coefficient (Wildman–Crippen LogP) is 2.49. The minimum absolute atomic E-state index is 0.127. The van der Waals surface area contributed by atoms with Crippen molar-refractivity contribution in [3.05, 3.63) is 35.4 Å². The van der Waals surface area contributed by atoms with Crippen molar-refractivity contribution in [3.8, 4) is 0 Å². The highest BCUT2D eigenvalue weighted by molar-refractivity contribution is 5.17. The molecule has 0 unspecified atom stereocenters. The maximum atomic E-state index is 12.9. The summed E-state index contributed by atoms with van der Waals surface area (Å²) in [6.45, 7) is 8.87. The van der Waals surface area contributed by atoms with E-state index in [1.165, 1.54) is 12.1 Å². The Balaban J connectivity index is 2.16. The summed E-state index contributed by atoms with van der Waals surface area (Å²) in [5, 5.41) is 6.63. The lowest BCUT2D eigenvalue weighted by atomic mass is 10.1. The third-order valence-corrected chi connectivity index (χ3v) is 2.53. The molecule has 0 saturated heterocycles. The van der Waals surface area contributed by atoms with Crippen molar-refractivity contribution in [2.45, 2.75) is 32.7 Å². The molecule has 1 aromatic rings. The summed E-state index contributed by atoms with van der Waals surface area (Å²) in [5.74, 6) is -1.57. The molecule has 0 aliphatic rings. The standard InChI is InChI=1S/C14H22F2N2/c1-14(2,3)18-9-8-17-7-6-11-4-5-12(15)13(16)10-11/h4-5,10,17-18H,6-9H2,1-3H3. The van der Waals surface area contributed by atoms with Crippen molar-refractivity contribution in [1.82, 2.24) is 10.6 Å². The lowest BCUT2D eigenvalue weighted by Crippen LogP contribution is -2.40. The largest absolute Gasteiger partial charge is 0.315 e. The van der Waals surface area contributed by atoms with E-state index in [1.807, 2.05) is 0 Å². The summed E-state index contributed by atoms with van der Waals surface area (Å²) < 4.78 is 25.6. The van der Waals surface area contributed by atoms with Crippen LogP contribution in [0.4, 0.5) is 8.78 Å². The first kappa shape index (κ1) is 15.1. The van der Waals surface area contributed by atoms with Gasteiger partial charge in [0.25, 0.3) is 0 Å². The van der Waals surface area contributed by atoms with Crippen LogP contribution < -0.4 is 10.6 Å². The Bertz CT molecular complexity index is 373. The lowest BCUT2D eigenvalue weighted by Gasteiger charge is -2.20. The van der Waals surface area contributed by atoms with Crippen LogP contribution in [-0.2, 0) is 6.42 Å². The highest BCUT2D eigenvalue weighted by Crippen LogP contribution is 2.08. The van der Waals surface area contributed by atoms with Gasteiger partial charge in [0.1, 0.15) is 0 Å². The summed E-state index contributed by atoms with van der Waals surface area (Å²) >= 11 is 0. The topological polar surface area (TPSA) is 24.1 Å². The third kappa shape index (κ3) is 6.07. The van der Waals surface area contributed by atoms with Crippen LogP contribution in [0.25, 0.3) is 0 Å². The first-order chi connectivity index (χ1) is 8.38. The molecule has 0 spiro atoms. The summed E-state index contributed by atoms with van der Waals surface area (Å²) in [6.07, 6.45) is 0.701. The highest BCUT2D eigenvalue weighted by atomic mass is 19.2. The molecule has 1 rings (SSSR count). The molecule has 0 aliphatic carbocycles. The van der Waals surface area contributed by atoms with Crippen LogP contribution in [0, 0.1) is 11.6 Å². The molecule has 18 heavy (non-hydrogen) atoms. The molecular formula is C14H22F2N2. The van der Waals surface area contributed by atoms with Crippen molar-refractivity contribution >= 4 is 0 Å². The molecule has 102 valence electrons. The second-order valence-electron chi connectivity index (χ2n) is 5.43. The van der Waals surface area contributed by atoms with Crippen LogP contribution in [0.2, 0.25) is 0 Å². The average Bonchev–Trinajstić information content (AvgIpc) is 2.26. The van der Waals surface area contributed by atoms with Gasteiger partial charge in [0.2, 0.25) is 0 Å². The number of hydrogen-bond acceptors (Lipinski definition) is 2. The fraction of sp³-hybridized carbons (Fsp3) is 0.571. The van der Waals surface area contributed by atoms with Crippen LogP contribution in [0.5, 0.6) is 0 Å². The Morgan fingerprint density at radius 1 is 1.00 bits per heavy atom. The van der Waals surface area contributed by atoms with Crippen LogP contribution in [0.3, 0.4) is 0 Å². The monoisotopic (exact) mass is 256 g/mol. The fourth-order valence-corrected chi connectivity index (χ4v) is 1.58. The van der Waals surface area contributed by atoms with Gasteiger partial charge in [0, 0.05) is 18.6 Å². The van der Waals surface area contributed by atoms with E-state index >= 15 is 0 Å². The molecule has 0 bridgehead atoms. The molecule has 2 nitrogen and oxygen atoms in total. The molecule has 0 atom stereocenters. The maximum absolute atomic E-state index is 12.9. The lowest BCUT2D eigenvalue weighted by molar-refractivity contribution is 0.422. The van der Waals surface area contributed by atoms with E-state index in [4.69, 9.17) is 0 Å². The van der Waals surface area contributed by atoms with Gasteiger partial charge in [0.15, 0.2) is 11.6 Å². The second-order valence-corrected chi connectivity index (χ2v) is 5.43. The van der Waals surface area contributed by atoms with E-state index in [9.17, 15) is 8.78 Å². The smallest absolute Gasteiger partial charge is 0.159 e. The molecule has 2 N–H and O–H groups in total. The zero-order valence-corrected chi connectivity index (χ0v) is 11.3. The maximum Gasteiger partial charge on any atom is 0.159 e. The molecule has 0 heterocycles. The molecule has 0 aromatic heterocycles. The van der Waals surface area contributed by atoms with E-state index in [0.29, 0.717) is 6.42 Å². The van der Waals surface area contributed by atoms with E-state index in [0.717, 1.165) is 25.2 Å². The summed E-state index contributed by atoms with van der Waals surface area (Å²) in [5.41, 5.74) is 0.937. The minimum Gasteiger partial charge on any atom is -0.315 e. The molecule has 0 aliphatic heterocycles. The summed E-state index contributed by atoms with van der Waals surface area (Å²) in [4.78, 5) is 0. The molecule has 0 saturated carbocycles. The summed E-state index contributed by atoms with van der Waals surface area (Å²) in [6, 6.07) is 4.05. The number of nitrogens with one attached hydrogen (secondary N) is 2. The van der Waals surface area contributed by atoms with Gasteiger partial charge < -0.3 is 10.6 Å². The van der Waals surface area contributed by atoms with Crippen molar-refractivity contribution in [2.24, 2.45) is 0 Å². The minimum atomic E-state index is -0.791. The molecule has 4 heteroatoms. The van der Waals surface area contributed by atoms with Crippen molar-refractivity contribution in [1.29, 1.82) is 0 Å². The third-order valence-electron chi connectivity index (χ3n) is 2.53. The SMILES string of the molecule is CC(C)(C)NCCNCCc1ccc(F)c(F)c1. The zero-order chi connectivity index (χ0) is 13.6. The quantitative estimate of drug-likeness (QED) is 0.764. The number of benzene rings is 1. The van der Waals surface area contributed by atoms with Crippen molar-refractivity contribution in [3.63, 3.8) is 0 Å². The first-order valence-electron chi connectivity index (χ1n) is 6.28. The van der Waals surface area contributed by atoms with E-state index in [-0.39, 0.29) is 5.54 Å². The van der Waals surface area contributed by atoms with Gasteiger partial charge in [-0.2, -0.15) is 0 Å². The predicted molar refractivity (Wildman–Crippen MR) is 70.7 cm³/mol. The Morgan fingerprint density at radius 2 is 1.72 bits per heavy atom. The van der Waals surface area contributed by atoms with Crippen LogP contribution in [-0.4, -0.2) is 25.2 Å². The van der Waals surface area contributed by atoms with Gasteiger partial charge in [0.05, 0.1) is 0 Å². The van der Waals surface area contributed by atoms with Crippen LogP contribution in [0.15, 0.2) is 18.2 Å². The van der Waals surface area contributed by atoms with E-state index in [1.54, 1.807) is 6.07 Å². The Kier molecular flexibility index (Phi) is 5.69. The molecular weight excluding hydrogens is 234 g/mol. The number of halogens is 2. The molecule has 0 fully saturated rings. The van der Waals surface area contributed by atoms with Gasteiger partial charge in [-0.3, -0.25) is 0 Å². The number of hydrogen-bond donors (Lipinski definition) is 2. The van der Waals surface area contributed by atoms with Gasteiger partial charge in [-0.1, -0.05) is 6.07 Å². The average molecular weight is 256 g/mol. The van der Waals surface area contributed by atoms with Gasteiger partial charge in [-0.25, -0.2) is 8.78 Å². The van der Waals surface area contributed by atoms with Crippen molar-refractivity contribution < 1.29 is 8.78 Å². The fourth-order valence-electron chi connectivity index (χ4n) is 1.58. The Hall–Kier alpha value is -1.00. The van der Waals surface area contributed by atoms with Crippen molar-refractivity contribution in [2.75, 3.05) is 19.6 Å². The molecule has 0 amide bonds. The van der Waals surface area contributed by atoms with E-state index in [2.05, 4.69) is 31.4 Å². The molecule has 1 aromatic carbocycles. The zero-order valence-electron chi connectivity index (χ0n) is 11.3. The Morgan fingerprint density at radius 3 is 2.33 bits per heavy atom. The normalized spacial score (nSPS) is 11.8. The van der Waals surface area contributed by atoms with Gasteiger partial charge >= 0.3 is 0 Å². The second kappa shape index (κ2) is 6.81. The summed E-state index contributed by atoms with van der Waals surface area (Å²) in [7, 11) is 0. The number of rotatable bonds is 6. The Labute approximate surface area is 108 Å².